The van der Waals surface area contributed by atoms with E-state index in [0.29, 0.717) is 61.7 Å². The minimum Gasteiger partial charge on any atom is -0.343 e. The van der Waals surface area contributed by atoms with Gasteiger partial charge in [-0.3, -0.25) is 28.4 Å². The van der Waals surface area contributed by atoms with E-state index < -0.39 is 17.4 Å². The number of rotatable bonds is 10. The molecule has 42 heavy (non-hydrogen) atoms. The predicted molar refractivity (Wildman–Crippen MR) is 153 cm³/mol. The molecule has 0 atom stereocenters. The summed E-state index contributed by atoms with van der Waals surface area (Å²) in [5.41, 5.74) is 0.631. The quantitative estimate of drug-likeness (QED) is 0.287. The van der Waals surface area contributed by atoms with E-state index in [1.807, 2.05) is 6.92 Å². The lowest BCUT2D eigenvalue weighted by Gasteiger charge is -2.23. The molecule has 0 unspecified atom stereocenters. The number of nitrogens with zero attached hydrogens (tertiary/aromatic N) is 7. The van der Waals surface area contributed by atoms with E-state index in [0.717, 1.165) is 25.3 Å². The van der Waals surface area contributed by atoms with Crippen LogP contribution in [0.5, 0.6) is 0 Å². The molecular formula is C29H31FN8O4. The highest BCUT2D eigenvalue weighted by atomic mass is 19.1. The van der Waals surface area contributed by atoms with Crippen molar-refractivity contribution in [3.05, 3.63) is 69.0 Å². The summed E-state index contributed by atoms with van der Waals surface area (Å²) < 4.78 is 16.3. The molecule has 2 aliphatic rings. The van der Waals surface area contributed by atoms with Crippen LogP contribution in [0.25, 0.3) is 22.6 Å². The van der Waals surface area contributed by atoms with Crippen molar-refractivity contribution in [2.75, 3.05) is 24.5 Å². The molecule has 2 amide bonds. The number of halogens is 1. The Hall–Kier alpha value is -4.68. The minimum atomic E-state index is -0.687. The number of pyridine rings is 2. The van der Waals surface area contributed by atoms with Gasteiger partial charge in [-0.25, -0.2) is 19.7 Å². The highest BCUT2D eigenvalue weighted by Crippen LogP contribution is 2.35. The molecule has 13 heteroatoms. The van der Waals surface area contributed by atoms with Crippen LogP contribution in [0.2, 0.25) is 0 Å². The van der Waals surface area contributed by atoms with Crippen LogP contribution in [0.3, 0.4) is 0 Å². The number of anilines is 1. The van der Waals surface area contributed by atoms with Gasteiger partial charge in [-0.15, -0.1) is 0 Å². The number of aromatic nitrogens is 6. The van der Waals surface area contributed by atoms with Gasteiger partial charge in [0, 0.05) is 56.6 Å². The van der Waals surface area contributed by atoms with Crippen molar-refractivity contribution < 1.29 is 14.0 Å². The van der Waals surface area contributed by atoms with Crippen molar-refractivity contribution >= 4 is 28.8 Å². The number of nitrogens with one attached hydrogen (secondary N) is 1. The third-order valence-electron chi connectivity index (χ3n) is 7.67. The molecule has 4 aromatic heterocycles. The van der Waals surface area contributed by atoms with E-state index >= 15 is 0 Å². The molecule has 0 radical (unpaired) electrons. The van der Waals surface area contributed by atoms with Crippen molar-refractivity contribution in [2.45, 2.75) is 58.0 Å². The maximum absolute atomic E-state index is 13.4. The Morgan fingerprint density at radius 1 is 1.10 bits per heavy atom. The van der Waals surface area contributed by atoms with Crippen molar-refractivity contribution in [3.8, 4) is 11.4 Å². The molecule has 2 fully saturated rings. The Labute approximate surface area is 239 Å². The number of carbonyl (C=O) groups is 2. The Bertz CT molecular complexity index is 1760. The topological polar surface area (TPSA) is 139 Å². The van der Waals surface area contributed by atoms with Crippen molar-refractivity contribution in [2.24, 2.45) is 0 Å². The van der Waals surface area contributed by atoms with Crippen LogP contribution >= 0.6 is 0 Å². The van der Waals surface area contributed by atoms with E-state index in [1.54, 1.807) is 27.8 Å². The molecule has 1 N–H and O–H groups in total. The van der Waals surface area contributed by atoms with Crippen LogP contribution < -0.4 is 16.1 Å². The Balaban J connectivity index is 1.31. The third kappa shape index (κ3) is 5.21. The zero-order valence-corrected chi connectivity index (χ0v) is 23.3. The number of aromatic amines is 1. The van der Waals surface area contributed by atoms with Crippen LogP contribution in [-0.4, -0.2) is 65.4 Å². The average molecular weight is 575 g/mol. The van der Waals surface area contributed by atoms with Gasteiger partial charge in [-0.2, -0.15) is 4.39 Å². The molecule has 12 nitrogen and oxygen atoms in total. The molecule has 1 saturated heterocycles. The zero-order chi connectivity index (χ0) is 29.4. The van der Waals surface area contributed by atoms with Gasteiger partial charge in [0.05, 0.1) is 5.56 Å². The molecule has 0 spiro atoms. The number of likely N-dealkylation sites (tertiary alicyclic amines) is 1. The van der Waals surface area contributed by atoms with Gasteiger partial charge in [-0.1, -0.05) is 6.92 Å². The lowest BCUT2D eigenvalue weighted by atomic mass is 10.2. The summed E-state index contributed by atoms with van der Waals surface area (Å²) in [5, 5.41) is 0. The molecule has 5 heterocycles. The summed E-state index contributed by atoms with van der Waals surface area (Å²) >= 11 is 0. The highest BCUT2D eigenvalue weighted by molar-refractivity contribution is 6.05. The summed E-state index contributed by atoms with van der Waals surface area (Å²) in [6.45, 7) is 3.73. The molecule has 0 aromatic carbocycles. The van der Waals surface area contributed by atoms with Crippen molar-refractivity contribution in [1.29, 1.82) is 0 Å². The predicted octanol–water partition coefficient (Wildman–Crippen LogP) is 2.89. The number of fused-ring (bicyclic) bond motifs is 1. The zero-order valence-electron chi connectivity index (χ0n) is 23.3. The normalized spacial score (nSPS) is 15.1. The van der Waals surface area contributed by atoms with Gasteiger partial charge in [0.1, 0.15) is 17.2 Å². The first-order chi connectivity index (χ1) is 20.4. The lowest BCUT2D eigenvalue weighted by molar-refractivity contribution is -0.127. The lowest BCUT2D eigenvalue weighted by Crippen LogP contribution is -2.39. The summed E-state index contributed by atoms with van der Waals surface area (Å²) in [5.74, 6) is -0.233. The number of amides is 2. The molecule has 0 bridgehead atoms. The summed E-state index contributed by atoms with van der Waals surface area (Å²) in [4.78, 5) is 70.8. The van der Waals surface area contributed by atoms with Crippen LogP contribution in [0.15, 0.2) is 46.2 Å². The standard InChI is InChI=1S/C29H31FN8O4/c1-2-12-37-28(41)24-26(38(29(37)42)20-8-9-20)34-25(33-24)18-7-11-22(32-16-18)36(15-4-14-35-13-3-5-23(35)39)27(40)19-6-10-21(30)31-17-19/h6-7,10-11,16-17,20H,2-5,8-9,12-15H2,1H3,(H,33,34). The van der Waals surface area contributed by atoms with Crippen LogP contribution in [0.1, 0.15) is 61.8 Å². The van der Waals surface area contributed by atoms with Crippen molar-refractivity contribution in [3.63, 3.8) is 0 Å². The van der Waals surface area contributed by atoms with E-state index in [9.17, 15) is 23.6 Å². The number of hydrogen-bond donors (Lipinski definition) is 1. The molecular weight excluding hydrogens is 543 g/mol. The monoisotopic (exact) mass is 574 g/mol. The fraction of sp³-hybridized carbons (Fsp3) is 0.414. The van der Waals surface area contributed by atoms with Gasteiger partial charge in [0.25, 0.3) is 11.5 Å². The minimum absolute atomic E-state index is 0.0248. The second kappa shape index (κ2) is 11.3. The fourth-order valence-electron chi connectivity index (χ4n) is 5.37. The van der Waals surface area contributed by atoms with Crippen LogP contribution in [-0.2, 0) is 11.3 Å². The SMILES string of the molecule is CCCn1c(=O)c2[nH]c(-c3ccc(N(CCCN4CCCC4=O)C(=O)c4ccc(F)nc4)nc3)nc2n(C2CC2)c1=O. The van der Waals surface area contributed by atoms with Gasteiger partial charge in [0.2, 0.25) is 11.9 Å². The first-order valence-corrected chi connectivity index (χ1v) is 14.3. The van der Waals surface area contributed by atoms with Gasteiger partial charge >= 0.3 is 5.69 Å². The summed E-state index contributed by atoms with van der Waals surface area (Å²) in [7, 11) is 0. The van der Waals surface area contributed by atoms with E-state index in [-0.39, 0.29) is 35.3 Å². The van der Waals surface area contributed by atoms with Gasteiger partial charge in [-0.05, 0) is 56.4 Å². The average Bonchev–Trinajstić information content (AvgIpc) is 3.59. The number of hydrogen-bond acceptors (Lipinski definition) is 7. The van der Waals surface area contributed by atoms with Gasteiger partial charge < -0.3 is 9.88 Å². The molecule has 4 aromatic rings. The largest absolute Gasteiger partial charge is 0.343 e. The van der Waals surface area contributed by atoms with Crippen LogP contribution in [0, 0.1) is 5.95 Å². The Morgan fingerprint density at radius 3 is 2.57 bits per heavy atom. The number of carbonyl (C=O) groups excluding carboxylic acids is 2. The number of H-pyrrole nitrogens is 1. The molecule has 1 aliphatic carbocycles. The fourth-order valence-corrected chi connectivity index (χ4v) is 5.37. The molecule has 1 aliphatic heterocycles. The summed E-state index contributed by atoms with van der Waals surface area (Å²) in [6, 6.07) is 5.92. The molecule has 6 rings (SSSR count). The molecule has 218 valence electrons. The Kier molecular flexibility index (Phi) is 7.40. The molecule has 1 saturated carbocycles. The first-order valence-electron chi connectivity index (χ1n) is 14.3. The maximum atomic E-state index is 13.4. The van der Waals surface area contributed by atoms with E-state index in [2.05, 4.69) is 19.9 Å². The smallest absolute Gasteiger partial charge is 0.332 e. The van der Waals surface area contributed by atoms with Crippen LogP contribution in [0.4, 0.5) is 10.2 Å². The van der Waals surface area contributed by atoms with E-state index in [4.69, 9.17) is 0 Å². The maximum Gasteiger partial charge on any atom is 0.332 e. The Morgan fingerprint density at radius 2 is 1.93 bits per heavy atom. The van der Waals surface area contributed by atoms with Crippen molar-refractivity contribution in [1.82, 2.24) is 34.0 Å². The summed E-state index contributed by atoms with van der Waals surface area (Å²) in [6.07, 6.45) is 6.99. The first kappa shape index (κ1) is 27.5. The second-order valence-corrected chi connectivity index (χ2v) is 10.7. The highest BCUT2D eigenvalue weighted by Gasteiger charge is 2.30. The number of imidazole rings is 1. The van der Waals surface area contributed by atoms with E-state index in [1.165, 1.54) is 21.7 Å². The second-order valence-electron chi connectivity index (χ2n) is 10.7. The van der Waals surface area contributed by atoms with Gasteiger partial charge in [0.15, 0.2) is 5.65 Å². The third-order valence-corrected chi connectivity index (χ3v) is 7.67.